The average Bonchev–Trinajstić information content (AvgIpc) is 3.44. The molecule has 0 radical (unpaired) electrons. The van der Waals surface area contributed by atoms with Gasteiger partial charge in [-0.05, 0) is 46.5 Å². The molecular weight excluding hydrogens is 628 g/mol. The summed E-state index contributed by atoms with van der Waals surface area (Å²) in [5.74, 6) is -0.383. The van der Waals surface area contributed by atoms with Crippen molar-refractivity contribution < 1.29 is 9.59 Å². The van der Waals surface area contributed by atoms with E-state index in [1.54, 1.807) is 9.80 Å². The molecule has 0 saturated carbocycles. The topological polar surface area (TPSA) is 40.6 Å². The van der Waals surface area contributed by atoms with Gasteiger partial charge in [-0.25, -0.2) is 0 Å². The van der Waals surface area contributed by atoms with Gasteiger partial charge in [-0.2, -0.15) is 0 Å². The highest BCUT2D eigenvalue weighted by Gasteiger charge is 2.51. The van der Waals surface area contributed by atoms with Crippen LogP contribution < -0.4 is 0 Å². The van der Waals surface area contributed by atoms with E-state index in [1.807, 2.05) is 97.3 Å². The highest BCUT2D eigenvalue weighted by atomic mass is 79.9. The van der Waals surface area contributed by atoms with Gasteiger partial charge in [0.05, 0.1) is 22.5 Å². The summed E-state index contributed by atoms with van der Waals surface area (Å²) in [5, 5.41) is 0. The van der Waals surface area contributed by atoms with Gasteiger partial charge in [0.25, 0.3) is 11.8 Å². The van der Waals surface area contributed by atoms with E-state index in [-0.39, 0.29) is 11.8 Å². The molecule has 0 saturated heterocycles. The largest absolute Gasteiger partial charge is 0.282 e. The van der Waals surface area contributed by atoms with Crippen molar-refractivity contribution in [2.24, 2.45) is 0 Å². The van der Waals surface area contributed by atoms with Crippen LogP contribution in [0.3, 0.4) is 0 Å². The van der Waals surface area contributed by atoms with Crippen molar-refractivity contribution >= 4 is 66.2 Å². The molecule has 4 aromatic rings. The number of rotatable bonds is 2. The third kappa shape index (κ3) is 3.23. The van der Waals surface area contributed by atoms with Crippen LogP contribution >= 0.6 is 31.9 Å². The lowest BCUT2D eigenvalue weighted by Gasteiger charge is -2.30. The first-order valence-electron chi connectivity index (χ1n) is 12.8. The molecule has 0 aliphatic carbocycles. The van der Waals surface area contributed by atoms with Crippen LogP contribution in [0, 0.1) is 0 Å². The minimum absolute atomic E-state index is 0.191. The lowest BCUT2D eigenvalue weighted by Crippen LogP contribution is -2.28. The molecule has 2 amide bonds. The van der Waals surface area contributed by atoms with Crippen LogP contribution in [0.1, 0.15) is 33.4 Å². The second-order valence-electron chi connectivity index (χ2n) is 9.99. The van der Waals surface area contributed by atoms with E-state index >= 15 is 0 Å². The summed E-state index contributed by atoms with van der Waals surface area (Å²) in [4.78, 5) is 31.9. The van der Waals surface area contributed by atoms with Crippen molar-refractivity contribution in [3.05, 3.63) is 163 Å². The highest BCUT2D eigenvalue weighted by molar-refractivity contribution is 9.10. The summed E-state index contributed by atoms with van der Waals surface area (Å²) in [6.45, 7) is 0. The Morgan fingerprint density at radius 3 is 1.27 bits per heavy atom. The first-order valence-corrected chi connectivity index (χ1v) is 14.4. The smallest absolute Gasteiger partial charge is 0.265 e. The van der Waals surface area contributed by atoms with Crippen molar-refractivity contribution in [2.75, 3.05) is 0 Å². The molecule has 190 valence electrons. The summed E-state index contributed by atoms with van der Waals surface area (Å²) in [6.07, 6.45) is 3.77. The van der Waals surface area contributed by atoms with Crippen molar-refractivity contribution in [3.63, 3.8) is 0 Å². The van der Waals surface area contributed by atoms with Crippen LogP contribution in [0.2, 0.25) is 0 Å². The lowest BCUT2D eigenvalue weighted by atomic mass is 9.89. The first kappa shape index (κ1) is 23.6. The Bertz CT molecular complexity index is 1810. The predicted octanol–water partition coefficient (Wildman–Crippen LogP) is 7.82. The van der Waals surface area contributed by atoms with Crippen LogP contribution in [0.15, 0.2) is 130 Å². The monoisotopic (exact) mass is 644 g/mol. The van der Waals surface area contributed by atoms with E-state index in [9.17, 15) is 9.59 Å². The van der Waals surface area contributed by atoms with Crippen LogP contribution in [-0.2, 0) is 9.59 Å². The first-order chi connectivity index (χ1) is 19.5. The summed E-state index contributed by atoms with van der Waals surface area (Å²) in [7, 11) is 0. The fraction of sp³-hybridized carbons (Fsp3) is 0. The predicted molar refractivity (Wildman–Crippen MR) is 163 cm³/mol. The number of carbonyl (C=O) groups excluding carboxylic acids is 2. The van der Waals surface area contributed by atoms with E-state index in [4.69, 9.17) is 0 Å². The third-order valence-electron chi connectivity index (χ3n) is 7.81. The maximum absolute atomic E-state index is 14.3. The third-order valence-corrected chi connectivity index (χ3v) is 8.80. The standard InChI is InChI=1S/C34H18Br2N2O2/c35-21-11-13-23-25(15-21)27(19-7-3-1-4-8-19)17-37-31(23)29-30(33(37)39)32-24-14-12-22(36)16-26(24)28(18-38(32)34(29)40)20-9-5-2-6-10-20/h1-18H. The molecule has 4 aliphatic rings. The zero-order valence-electron chi connectivity index (χ0n) is 20.9. The van der Waals surface area contributed by atoms with Crippen LogP contribution in [0.25, 0.3) is 22.5 Å². The minimum Gasteiger partial charge on any atom is -0.282 e. The number of benzene rings is 4. The molecule has 0 fully saturated rings. The van der Waals surface area contributed by atoms with Crippen LogP contribution in [0.5, 0.6) is 0 Å². The van der Waals surface area contributed by atoms with Crippen LogP contribution in [-0.4, -0.2) is 21.6 Å². The molecule has 0 spiro atoms. The quantitative estimate of drug-likeness (QED) is 0.223. The Labute approximate surface area is 247 Å². The summed E-state index contributed by atoms with van der Waals surface area (Å²) in [5.41, 5.74) is 9.73. The second kappa shape index (κ2) is 8.62. The zero-order valence-corrected chi connectivity index (χ0v) is 24.0. The molecule has 8 rings (SSSR count). The Kier molecular flexibility index (Phi) is 5.09. The van der Waals surface area contributed by atoms with E-state index in [0.29, 0.717) is 22.5 Å². The zero-order chi connectivity index (χ0) is 27.1. The Balaban J connectivity index is 1.41. The second-order valence-corrected chi connectivity index (χ2v) is 11.8. The number of halogens is 2. The fourth-order valence-corrected chi connectivity index (χ4v) is 6.82. The number of carbonyl (C=O) groups is 2. The maximum Gasteiger partial charge on any atom is 0.265 e. The normalized spacial score (nSPS) is 16.9. The molecule has 4 heterocycles. The molecule has 0 N–H and O–H groups in total. The van der Waals surface area contributed by atoms with Gasteiger partial charge in [-0.1, -0.05) is 105 Å². The van der Waals surface area contributed by atoms with E-state index < -0.39 is 0 Å². The van der Waals surface area contributed by atoms with Crippen molar-refractivity contribution in [1.82, 2.24) is 9.80 Å². The molecule has 0 aromatic heterocycles. The van der Waals surface area contributed by atoms with E-state index in [1.165, 1.54) is 0 Å². The fourth-order valence-electron chi connectivity index (χ4n) is 6.10. The van der Waals surface area contributed by atoms with Crippen LogP contribution in [0.4, 0.5) is 0 Å². The van der Waals surface area contributed by atoms with Crippen molar-refractivity contribution in [3.8, 4) is 0 Å². The van der Waals surface area contributed by atoms with Gasteiger partial charge in [-0.3, -0.25) is 19.4 Å². The number of nitrogens with zero attached hydrogens (tertiary/aromatic N) is 2. The molecule has 40 heavy (non-hydrogen) atoms. The summed E-state index contributed by atoms with van der Waals surface area (Å²) < 4.78 is 1.86. The number of fused-ring (bicyclic) bond motifs is 7. The van der Waals surface area contributed by atoms with Gasteiger partial charge in [0.1, 0.15) is 0 Å². The number of hydrogen-bond acceptors (Lipinski definition) is 2. The van der Waals surface area contributed by atoms with Crippen molar-refractivity contribution in [2.45, 2.75) is 0 Å². The Morgan fingerprint density at radius 2 is 0.875 bits per heavy atom. The number of amides is 2. The van der Waals surface area contributed by atoms with Gasteiger partial charge < -0.3 is 0 Å². The molecule has 0 unspecified atom stereocenters. The Morgan fingerprint density at radius 1 is 0.475 bits per heavy atom. The van der Waals surface area contributed by atoms with Gasteiger partial charge in [0.15, 0.2) is 0 Å². The van der Waals surface area contributed by atoms with Crippen molar-refractivity contribution in [1.29, 1.82) is 0 Å². The molecule has 0 bridgehead atoms. The van der Waals surface area contributed by atoms with Gasteiger partial charge >= 0.3 is 0 Å². The van der Waals surface area contributed by atoms with Gasteiger partial charge in [-0.15, -0.1) is 0 Å². The van der Waals surface area contributed by atoms with E-state index in [2.05, 4.69) is 44.0 Å². The Hall–Kier alpha value is -4.26. The molecular formula is C34H18Br2N2O2. The maximum atomic E-state index is 14.3. The minimum atomic E-state index is -0.191. The van der Waals surface area contributed by atoms with Gasteiger partial charge in [0, 0.05) is 43.6 Å². The molecule has 6 heteroatoms. The SMILES string of the molecule is O=C1C2=C3c4ccc(Br)cc4C(c4ccccc4)=CN3C(=O)C2=C2c3ccc(Br)cc3C(c3ccccc3)=CN12. The molecule has 4 aliphatic heterocycles. The lowest BCUT2D eigenvalue weighted by molar-refractivity contribution is -0.122. The van der Waals surface area contributed by atoms with Gasteiger partial charge in [0.2, 0.25) is 0 Å². The molecule has 4 aromatic carbocycles. The summed E-state index contributed by atoms with van der Waals surface area (Å²) >= 11 is 7.25. The highest BCUT2D eigenvalue weighted by Crippen LogP contribution is 2.53. The molecule has 0 atom stereocenters. The van der Waals surface area contributed by atoms with E-state index in [0.717, 1.165) is 53.5 Å². The average molecular weight is 646 g/mol. The molecule has 4 nitrogen and oxygen atoms in total. The summed E-state index contributed by atoms with van der Waals surface area (Å²) in [6, 6.07) is 32.1. The number of hydrogen-bond donors (Lipinski definition) is 0.